The van der Waals surface area contributed by atoms with Crippen LogP contribution in [0.25, 0.3) is 0 Å². The third-order valence-electron chi connectivity index (χ3n) is 2.70. The van der Waals surface area contributed by atoms with Gasteiger partial charge in [0, 0.05) is 6.20 Å². The molecule has 0 atom stereocenters. The average molecular weight is 270 g/mol. The van der Waals surface area contributed by atoms with E-state index in [-0.39, 0.29) is 0 Å². The van der Waals surface area contributed by atoms with Crippen molar-refractivity contribution in [1.82, 2.24) is 4.98 Å². The van der Waals surface area contributed by atoms with Gasteiger partial charge < -0.3 is 14.2 Å². The van der Waals surface area contributed by atoms with Gasteiger partial charge in [0.1, 0.15) is 18.4 Å². The molecule has 0 amide bonds. The van der Waals surface area contributed by atoms with Gasteiger partial charge in [-0.1, -0.05) is 6.07 Å². The maximum absolute atomic E-state index is 8.82. The Morgan fingerprint density at radius 2 is 1.85 bits per heavy atom. The molecule has 0 unspecified atom stereocenters. The minimum atomic E-state index is 0.300. The number of aromatic nitrogens is 1. The van der Waals surface area contributed by atoms with Crippen molar-refractivity contribution in [2.24, 2.45) is 0 Å². The van der Waals surface area contributed by atoms with Crippen LogP contribution in [0.2, 0.25) is 0 Å². The predicted octanol–water partition coefficient (Wildman–Crippen LogP) is 2.55. The number of ether oxygens (including phenoxy) is 3. The first-order chi connectivity index (χ1) is 9.78. The van der Waals surface area contributed by atoms with Crippen LogP contribution in [0.15, 0.2) is 36.5 Å². The van der Waals surface area contributed by atoms with Gasteiger partial charge in [0.15, 0.2) is 11.5 Å². The molecular weight excluding hydrogens is 256 g/mol. The van der Waals surface area contributed by atoms with Gasteiger partial charge in [-0.3, -0.25) is 0 Å². The number of pyridine rings is 1. The van der Waals surface area contributed by atoms with Crippen molar-refractivity contribution in [3.8, 4) is 23.3 Å². The maximum atomic E-state index is 8.82. The van der Waals surface area contributed by atoms with Gasteiger partial charge in [-0.2, -0.15) is 5.26 Å². The number of hydrogen-bond donors (Lipinski definition) is 0. The smallest absolute Gasteiger partial charge is 0.203 e. The Hall–Kier alpha value is -2.74. The van der Waals surface area contributed by atoms with E-state index in [4.69, 9.17) is 19.5 Å². The predicted molar refractivity (Wildman–Crippen MR) is 72.8 cm³/mol. The summed E-state index contributed by atoms with van der Waals surface area (Å²) in [6, 6.07) is 10.9. The highest BCUT2D eigenvalue weighted by Gasteiger charge is 2.11. The zero-order valence-corrected chi connectivity index (χ0v) is 11.3. The van der Waals surface area contributed by atoms with E-state index in [9.17, 15) is 0 Å². The van der Waals surface area contributed by atoms with E-state index in [2.05, 4.69) is 4.98 Å². The zero-order valence-electron chi connectivity index (χ0n) is 11.3. The molecule has 102 valence electrons. The summed E-state index contributed by atoms with van der Waals surface area (Å²) in [7, 11) is 3.14. The Bertz CT molecular complexity index is 613. The fraction of sp³-hybridized carbons (Fsp3) is 0.200. The van der Waals surface area contributed by atoms with Crippen LogP contribution >= 0.6 is 0 Å². The first kappa shape index (κ1) is 13.7. The molecule has 0 radical (unpaired) electrons. The Kier molecular flexibility index (Phi) is 4.40. The zero-order chi connectivity index (χ0) is 14.4. The fourth-order valence-corrected chi connectivity index (χ4v) is 1.74. The minimum absolute atomic E-state index is 0.300. The van der Waals surface area contributed by atoms with E-state index in [0.717, 1.165) is 5.56 Å². The molecule has 2 rings (SSSR count). The summed E-state index contributed by atoms with van der Waals surface area (Å²) in [5, 5.41) is 8.82. The van der Waals surface area contributed by atoms with Gasteiger partial charge in [-0.15, -0.1) is 0 Å². The summed E-state index contributed by atoms with van der Waals surface area (Å²) in [4.78, 5) is 3.91. The van der Waals surface area contributed by atoms with Crippen molar-refractivity contribution < 1.29 is 14.2 Å². The SMILES string of the molecule is COc1cccc(OC)c1OCc1ccnc(C#N)c1. The van der Waals surface area contributed by atoms with E-state index in [0.29, 0.717) is 29.5 Å². The number of para-hydroxylation sites is 1. The largest absolute Gasteiger partial charge is 0.493 e. The van der Waals surface area contributed by atoms with Crippen LogP contribution in [-0.2, 0) is 6.61 Å². The molecule has 0 bridgehead atoms. The fourth-order valence-electron chi connectivity index (χ4n) is 1.74. The molecule has 5 nitrogen and oxygen atoms in total. The number of rotatable bonds is 5. The molecule has 0 aliphatic carbocycles. The van der Waals surface area contributed by atoms with Crippen molar-refractivity contribution in [3.63, 3.8) is 0 Å². The topological polar surface area (TPSA) is 64.4 Å². The molecule has 1 aromatic carbocycles. The molecular formula is C15H14N2O3. The van der Waals surface area contributed by atoms with E-state index < -0.39 is 0 Å². The summed E-state index contributed by atoms with van der Waals surface area (Å²) in [6.45, 7) is 0.300. The van der Waals surface area contributed by atoms with Gasteiger partial charge >= 0.3 is 0 Å². The molecule has 0 aliphatic heterocycles. The maximum Gasteiger partial charge on any atom is 0.203 e. The Labute approximate surface area is 117 Å². The number of nitriles is 1. The molecule has 0 aliphatic rings. The lowest BCUT2D eigenvalue weighted by Crippen LogP contribution is -2.00. The second-order valence-corrected chi connectivity index (χ2v) is 3.94. The third-order valence-corrected chi connectivity index (χ3v) is 2.70. The standard InChI is InChI=1S/C15H14N2O3/c1-18-13-4-3-5-14(19-2)15(13)20-10-11-6-7-17-12(8-11)9-16/h3-8H,10H2,1-2H3. The van der Waals surface area contributed by atoms with Gasteiger partial charge in [0.2, 0.25) is 5.75 Å². The van der Waals surface area contributed by atoms with Gasteiger partial charge in [-0.05, 0) is 29.8 Å². The molecule has 0 saturated carbocycles. The van der Waals surface area contributed by atoms with Crippen LogP contribution in [0.1, 0.15) is 11.3 Å². The molecule has 0 fully saturated rings. The Morgan fingerprint density at radius 1 is 1.15 bits per heavy atom. The molecule has 0 saturated heterocycles. The summed E-state index contributed by atoms with van der Waals surface area (Å²) in [5.74, 6) is 1.73. The number of benzene rings is 1. The summed E-state index contributed by atoms with van der Waals surface area (Å²) >= 11 is 0. The molecule has 0 N–H and O–H groups in total. The van der Waals surface area contributed by atoms with E-state index in [1.54, 1.807) is 44.7 Å². The van der Waals surface area contributed by atoms with Crippen molar-refractivity contribution in [3.05, 3.63) is 47.8 Å². The lowest BCUT2D eigenvalue weighted by atomic mass is 10.2. The molecule has 0 spiro atoms. The van der Waals surface area contributed by atoms with E-state index >= 15 is 0 Å². The quantitative estimate of drug-likeness (QED) is 0.835. The molecule has 1 aromatic heterocycles. The van der Waals surface area contributed by atoms with Crippen LogP contribution in [-0.4, -0.2) is 19.2 Å². The van der Waals surface area contributed by atoms with Crippen molar-refractivity contribution in [2.45, 2.75) is 6.61 Å². The van der Waals surface area contributed by atoms with Crippen molar-refractivity contribution in [2.75, 3.05) is 14.2 Å². The lowest BCUT2D eigenvalue weighted by molar-refractivity contribution is 0.266. The van der Waals surface area contributed by atoms with E-state index in [1.807, 2.05) is 12.1 Å². The van der Waals surface area contributed by atoms with Crippen LogP contribution in [0.3, 0.4) is 0 Å². The van der Waals surface area contributed by atoms with Crippen molar-refractivity contribution in [1.29, 1.82) is 5.26 Å². The number of methoxy groups -OCH3 is 2. The van der Waals surface area contributed by atoms with Gasteiger partial charge in [-0.25, -0.2) is 4.98 Å². The first-order valence-corrected chi connectivity index (χ1v) is 5.97. The Morgan fingerprint density at radius 3 is 2.45 bits per heavy atom. The highest BCUT2D eigenvalue weighted by molar-refractivity contribution is 5.51. The van der Waals surface area contributed by atoms with Crippen LogP contribution in [0.4, 0.5) is 0 Å². The van der Waals surface area contributed by atoms with Crippen LogP contribution in [0, 0.1) is 11.3 Å². The minimum Gasteiger partial charge on any atom is -0.493 e. The monoisotopic (exact) mass is 270 g/mol. The Balaban J connectivity index is 2.20. The highest BCUT2D eigenvalue weighted by atomic mass is 16.5. The lowest BCUT2D eigenvalue weighted by Gasteiger charge is -2.14. The molecule has 2 aromatic rings. The van der Waals surface area contributed by atoms with Crippen LogP contribution < -0.4 is 14.2 Å². The molecule has 1 heterocycles. The second-order valence-electron chi connectivity index (χ2n) is 3.94. The van der Waals surface area contributed by atoms with Gasteiger partial charge in [0.05, 0.1) is 14.2 Å². The first-order valence-electron chi connectivity index (χ1n) is 5.97. The summed E-state index contributed by atoms with van der Waals surface area (Å²) in [5.41, 5.74) is 1.21. The highest BCUT2D eigenvalue weighted by Crippen LogP contribution is 2.37. The van der Waals surface area contributed by atoms with E-state index in [1.165, 1.54) is 0 Å². The molecule has 5 heteroatoms. The summed E-state index contributed by atoms with van der Waals surface area (Å²) < 4.78 is 16.3. The van der Waals surface area contributed by atoms with Gasteiger partial charge in [0.25, 0.3) is 0 Å². The third kappa shape index (κ3) is 2.98. The average Bonchev–Trinajstić information content (AvgIpc) is 2.52. The summed E-state index contributed by atoms with van der Waals surface area (Å²) in [6.07, 6.45) is 1.58. The van der Waals surface area contributed by atoms with Crippen molar-refractivity contribution >= 4 is 0 Å². The molecule has 20 heavy (non-hydrogen) atoms. The number of nitrogens with zero attached hydrogens (tertiary/aromatic N) is 2. The second kappa shape index (κ2) is 6.43. The van der Waals surface area contributed by atoms with Crippen LogP contribution in [0.5, 0.6) is 17.2 Å². The normalized spacial score (nSPS) is 9.65. The number of hydrogen-bond acceptors (Lipinski definition) is 5.